The lowest BCUT2D eigenvalue weighted by Crippen LogP contribution is -2.43. The van der Waals surface area contributed by atoms with Crippen LogP contribution in [0.3, 0.4) is 0 Å². The standard InChI is InChI=1S/C14H25N3S/c1-12(2)15-10-13-4-5-14(18-13)11-17-8-6-16(3)7-9-17/h4-5,12,15H,6-11H2,1-3H3. The summed E-state index contributed by atoms with van der Waals surface area (Å²) >= 11 is 1.95. The van der Waals surface area contributed by atoms with Gasteiger partial charge in [0.2, 0.25) is 0 Å². The summed E-state index contributed by atoms with van der Waals surface area (Å²) < 4.78 is 0. The Morgan fingerprint density at radius 1 is 1.17 bits per heavy atom. The molecule has 18 heavy (non-hydrogen) atoms. The van der Waals surface area contributed by atoms with Crippen LogP contribution in [-0.2, 0) is 13.1 Å². The lowest BCUT2D eigenvalue weighted by atomic mass is 10.3. The summed E-state index contributed by atoms with van der Waals surface area (Å²) in [4.78, 5) is 7.92. The van der Waals surface area contributed by atoms with Crippen molar-refractivity contribution in [2.45, 2.75) is 33.0 Å². The Balaban J connectivity index is 1.79. The molecule has 4 heteroatoms. The van der Waals surface area contributed by atoms with Crippen molar-refractivity contribution in [3.63, 3.8) is 0 Å². The molecule has 0 aromatic carbocycles. The first kappa shape index (κ1) is 14.0. The highest BCUT2D eigenvalue weighted by atomic mass is 32.1. The molecule has 0 unspecified atom stereocenters. The summed E-state index contributed by atoms with van der Waals surface area (Å²) in [6.07, 6.45) is 0. The van der Waals surface area contributed by atoms with Crippen LogP contribution in [0.2, 0.25) is 0 Å². The number of piperazine rings is 1. The molecule has 0 amide bonds. The molecule has 2 heterocycles. The monoisotopic (exact) mass is 267 g/mol. The van der Waals surface area contributed by atoms with Gasteiger partial charge in [-0.15, -0.1) is 11.3 Å². The zero-order valence-corrected chi connectivity index (χ0v) is 12.6. The predicted molar refractivity (Wildman–Crippen MR) is 79.1 cm³/mol. The van der Waals surface area contributed by atoms with E-state index in [9.17, 15) is 0 Å². The van der Waals surface area contributed by atoms with Gasteiger partial charge >= 0.3 is 0 Å². The summed E-state index contributed by atoms with van der Waals surface area (Å²) in [7, 11) is 2.21. The molecule has 3 nitrogen and oxygen atoms in total. The highest BCUT2D eigenvalue weighted by Crippen LogP contribution is 2.19. The first-order valence-corrected chi connectivity index (χ1v) is 7.67. The first-order chi connectivity index (χ1) is 8.63. The minimum absolute atomic E-state index is 0.563. The summed E-state index contributed by atoms with van der Waals surface area (Å²) in [6.45, 7) is 11.3. The first-order valence-electron chi connectivity index (χ1n) is 6.85. The molecule has 2 rings (SSSR count). The van der Waals surface area contributed by atoms with E-state index in [4.69, 9.17) is 0 Å². The Hall–Kier alpha value is -0.420. The third-order valence-corrected chi connectivity index (χ3v) is 4.45. The van der Waals surface area contributed by atoms with Crippen LogP contribution < -0.4 is 5.32 Å². The summed E-state index contributed by atoms with van der Waals surface area (Å²) in [5.74, 6) is 0. The molecule has 1 N–H and O–H groups in total. The molecule has 0 radical (unpaired) electrons. The SMILES string of the molecule is CC(C)NCc1ccc(CN2CCN(C)CC2)s1. The van der Waals surface area contributed by atoms with Crippen LogP contribution >= 0.6 is 11.3 Å². The predicted octanol–water partition coefficient (Wildman–Crippen LogP) is 1.99. The second-order valence-corrected chi connectivity index (χ2v) is 6.74. The van der Waals surface area contributed by atoms with Crippen LogP contribution in [0.4, 0.5) is 0 Å². The normalized spacial score (nSPS) is 18.7. The molecule has 1 aromatic rings. The van der Waals surface area contributed by atoms with E-state index >= 15 is 0 Å². The van der Waals surface area contributed by atoms with Crippen LogP contribution in [0.15, 0.2) is 12.1 Å². The Morgan fingerprint density at radius 2 is 1.83 bits per heavy atom. The minimum Gasteiger partial charge on any atom is -0.310 e. The van der Waals surface area contributed by atoms with E-state index in [1.807, 2.05) is 11.3 Å². The van der Waals surface area contributed by atoms with Crippen molar-refractivity contribution in [1.82, 2.24) is 15.1 Å². The number of hydrogen-bond acceptors (Lipinski definition) is 4. The zero-order valence-electron chi connectivity index (χ0n) is 11.8. The topological polar surface area (TPSA) is 18.5 Å². The number of nitrogens with zero attached hydrogens (tertiary/aromatic N) is 2. The van der Waals surface area contributed by atoms with E-state index in [0.29, 0.717) is 6.04 Å². The van der Waals surface area contributed by atoms with E-state index in [2.05, 4.69) is 48.1 Å². The number of rotatable bonds is 5. The van der Waals surface area contributed by atoms with Crippen LogP contribution in [0, 0.1) is 0 Å². The van der Waals surface area contributed by atoms with Crippen molar-refractivity contribution in [2.24, 2.45) is 0 Å². The van der Waals surface area contributed by atoms with Crippen LogP contribution in [-0.4, -0.2) is 49.1 Å². The van der Waals surface area contributed by atoms with Gasteiger partial charge in [-0.3, -0.25) is 4.90 Å². The average molecular weight is 267 g/mol. The lowest BCUT2D eigenvalue weighted by molar-refractivity contribution is 0.149. The fourth-order valence-corrected chi connectivity index (χ4v) is 3.14. The largest absolute Gasteiger partial charge is 0.310 e. The van der Waals surface area contributed by atoms with Gasteiger partial charge in [-0.05, 0) is 19.2 Å². The van der Waals surface area contributed by atoms with E-state index in [1.165, 1.54) is 35.9 Å². The van der Waals surface area contributed by atoms with Crippen molar-refractivity contribution in [3.8, 4) is 0 Å². The molecule has 0 atom stereocenters. The molecule has 0 bridgehead atoms. The number of likely N-dealkylation sites (N-methyl/N-ethyl adjacent to an activating group) is 1. The number of hydrogen-bond donors (Lipinski definition) is 1. The fraction of sp³-hybridized carbons (Fsp3) is 0.714. The summed E-state index contributed by atoms with van der Waals surface area (Å²) in [5.41, 5.74) is 0. The van der Waals surface area contributed by atoms with E-state index in [0.717, 1.165) is 13.1 Å². The lowest BCUT2D eigenvalue weighted by Gasteiger charge is -2.31. The molecule has 1 fully saturated rings. The van der Waals surface area contributed by atoms with Gasteiger partial charge < -0.3 is 10.2 Å². The molecular formula is C14H25N3S. The van der Waals surface area contributed by atoms with Crippen molar-refractivity contribution >= 4 is 11.3 Å². The third kappa shape index (κ3) is 4.35. The highest BCUT2D eigenvalue weighted by Gasteiger charge is 2.14. The Bertz CT molecular complexity index is 354. The van der Waals surface area contributed by atoms with Gasteiger partial charge in [-0.1, -0.05) is 13.8 Å². The highest BCUT2D eigenvalue weighted by molar-refractivity contribution is 7.11. The van der Waals surface area contributed by atoms with Crippen LogP contribution in [0.1, 0.15) is 23.6 Å². The Kier molecular flexibility index (Phi) is 5.18. The summed E-state index contributed by atoms with van der Waals surface area (Å²) in [6, 6.07) is 5.12. The van der Waals surface area contributed by atoms with Gasteiger partial charge in [-0.25, -0.2) is 0 Å². The van der Waals surface area contributed by atoms with Gasteiger partial charge in [-0.2, -0.15) is 0 Å². The van der Waals surface area contributed by atoms with Crippen molar-refractivity contribution < 1.29 is 0 Å². The van der Waals surface area contributed by atoms with E-state index in [-0.39, 0.29) is 0 Å². The second-order valence-electron chi connectivity index (χ2n) is 5.48. The summed E-state index contributed by atoms with van der Waals surface area (Å²) in [5, 5.41) is 3.47. The second kappa shape index (κ2) is 6.66. The molecule has 0 saturated carbocycles. The van der Waals surface area contributed by atoms with E-state index in [1.54, 1.807) is 0 Å². The number of nitrogens with one attached hydrogen (secondary N) is 1. The minimum atomic E-state index is 0.563. The van der Waals surface area contributed by atoms with Gasteiger partial charge in [0, 0.05) is 55.1 Å². The van der Waals surface area contributed by atoms with Crippen LogP contribution in [0.5, 0.6) is 0 Å². The van der Waals surface area contributed by atoms with Crippen molar-refractivity contribution in [1.29, 1.82) is 0 Å². The van der Waals surface area contributed by atoms with E-state index < -0.39 is 0 Å². The Labute approximate surface area is 115 Å². The molecule has 1 aromatic heterocycles. The van der Waals surface area contributed by atoms with Crippen molar-refractivity contribution in [3.05, 3.63) is 21.9 Å². The zero-order chi connectivity index (χ0) is 13.0. The fourth-order valence-electron chi connectivity index (χ4n) is 2.13. The van der Waals surface area contributed by atoms with Crippen LogP contribution in [0.25, 0.3) is 0 Å². The molecular weight excluding hydrogens is 242 g/mol. The average Bonchev–Trinajstić information content (AvgIpc) is 2.77. The van der Waals surface area contributed by atoms with Gasteiger partial charge in [0.1, 0.15) is 0 Å². The maximum atomic E-state index is 3.47. The molecule has 1 aliphatic heterocycles. The molecule has 0 aliphatic carbocycles. The Morgan fingerprint density at radius 3 is 2.50 bits per heavy atom. The third-order valence-electron chi connectivity index (χ3n) is 3.38. The number of thiophene rings is 1. The molecule has 1 aliphatic rings. The maximum Gasteiger partial charge on any atom is 0.0329 e. The van der Waals surface area contributed by atoms with Gasteiger partial charge in [0.05, 0.1) is 0 Å². The smallest absolute Gasteiger partial charge is 0.0329 e. The van der Waals surface area contributed by atoms with Gasteiger partial charge in [0.15, 0.2) is 0 Å². The van der Waals surface area contributed by atoms with Gasteiger partial charge in [0.25, 0.3) is 0 Å². The molecule has 1 saturated heterocycles. The quantitative estimate of drug-likeness (QED) is 0.880. The maximum absolute atomic E-state index is 3.47. The molecule has 0 spiro atoms. The van der Waals surface area contributed by atoms with Crippen molar-refractivity contribution in [2.75, 3.05) is 33.2 Å². The molecule has 102 valence electrons.